The molecule has 0 aromatic carbocycles. The number of aliphatic carboxylic acids is 1. The number of rotatable bonds is 2. The number of hydrogen-bond acceptors (Lipinski definition) is 3. The van der Waals surface area contributed by atoms with Gasteiger partial charge in [-0.15, -0.1) is 11.3 Å². The van der Waals surface area contributed by atoms with Crippen LogP contribution in [-0.2, 0) is 17.6 Å². The van der Waals surface area contributed by atoms with Gasteiger partial charge in [-0.3, -0.25) is 4.79 Å². The third-order valence-electron chi connectivity index (χ3n) is 4.62. The molecule has 21 heavy (non-hydrogen) atoms. The van der Waals surface area contributed by atoms with E-state index in [9.17, 15) is 14.7 Å². The highest BCUT2D eigenvalue weighted by atomic mass is 32.1. The first-order valence-corrected chi connectivity index (χ1v) is 8.53. The van der Waals surface area contributed by atoms with Crippen LogP contribution in [0, 0.1) is 5.92 Å². The van der Waals surface area contributed by atoms with Crippen LogP contribution in [0.4, 0.5) is 0 Å². The Bertz CT molecular complexity index is 542. The van der Waals surface area contributed by atoms with Gasteiger partial charge in [-0.05, 0) is 56.1 Å². The predicted octanol–water partition coefficient (Wildman–Crippen LogP) is 2.95. The summed E-state index contributed by atoms with van der Waals surface area (Å²) in [5, 5.41) is 9.39. The maximum Gasteiger partial charge on any atom is 0.326 e. The zero-order chi connectivity index (χ0) is 15.0. The van der Waals surface area contributed by atoms with Gasteiger partial charge in [0.05, 0.1) is 4.88 Å². The summed E-state index contributed by atoms with van der Waals surface area (Å²) < 4.78 is 0. The maximum absolute atomic E-state index is 12.7. The number of nitrogens with zero attached hydrogens (tertiary/aromatic N) is 1. The predicted molar refractivity (Wildman–Crippen MR) is 81.8 cm³/mol. The molecule has 1 aromatic heterocycles. The molecule has 1 N–H and O–H groups in total. The number of piperidine rings is 1. The lowest BCUT2D eigenvalue weighted by Crippen LogP contribution is -2.49. The van der Waals surface area contributed by atoms with Gasteiger partial charge in [0.1, 0.15) is 6.04 Å². The third-order valence-corrected chi connectivity index (χ3v) is 5.84. The molecule has 2 atom stereocenters. The lowest BCUT2D eigenvalue weighted by atomic mass is 9.92. The molecule has 2 unspecified atom stereocenters. The van der Waals surface area contributed by atoms with Crippen LogP contribution in [0.2, 0.25) is 0 Å². The fraction of sp³-hybridized carbons (Fsp3) is 0.625. The second-order valence-corrected chi connectivity index (χ2v) is 7.39. The average molecular weight is 307 g/mol. The van der Waals surface area contributed by atoms with Crippen molar-refractivity contribution in [1.82, 2.24) is 4.90 Å². The quantitative estimate of drug-likeness (QED) is 0.914. The summed E-state index contributed by atoms with van der Waals surface area (Å²) in [6, 6.07) is 1.33. The van der Waals surface area contributed by atoms with Crippen LogP contribution >= 0.6 is 11.3 Å². The van der Waals surface area contributed by atoms with E-state index in [0.717, 1.165) is 24.1 Å². The number of thiophene rings is 1. The summed E-state index contributed by atoms with van der Waals surface area (Å²) in [6.07, 6.45) is 5.95. The van der Waals surface area contributed by atoms with Crippen LogP contribution in [0.5, 0.6) is 0 Å². The number of carboxylic acid groups (broad SMARTS) is 1. The van der Waals surface area contributed by atoms with Crippen molar-refractivity contribution in [2.24, 2.45) is 5.92 Å². The number of aryl methyl sites for hydroxylation is 2. The number of carbonyl (C=O) groups excluding carboxylic acids is 1. The summed E-state index contributed by atoms with van der Waals surface area (Å²) in [4.78, 5) is 27.8. The van der Waals surface area contributed by atoms with Gasteiger partial charge in [0, 0.05) is 11.4 Å². The minimum Gasteiger partial charge on any atom is -0.480 e. The molecule has 114 valence electrons. The van der Waals surface area contributed by atoms with Gasteiger partial charge in [-0.25, -0.2) is 4.79 Å². The summed E-state index contributed by atoms with van der Waals surface area (Å²) in [7, 11) is 0. The van der Waals surface area contributed by atoms with E-state index >= 15 is 0 Å². The van der Waals surface area contributed by atoms with E-state index in [1.807, 2.05) is 6.07 Å². The minimum absolute atomic E-state index is 0.0892. The van der Waals surface area contributed by atoms with Crippen molar-refractivity contribution in [2.75, 3.05) is 6.54 Å². The Kier molecular flexibility index (Phi) is 4.02. The summed E-state index contributed by atoms with van der Waals surface area (Å²) >= 11 is 1.57. The standard InChI is InChI=1S/C16H21NO3S/c1-10-6-7-17(12(8-10)16(19)20)15(18)14-9-11-4-2-3-5-13(11)21-14/h9-10,12H,2-8H2,1H3,(H,19,20). The van der Waals surface area contributed by atoms with Crippen LogP contribution in [0.25, 0.3) is 0 Å². The molecule has 1 amide bonds. The second-order valence-electron chi connectivity index (χ2n) is 6.25. The Labute approximate surface area is 128 Å². The lowest BCUT2D eigenvalue weighted by Gasteiger charge is -2.35. The number of fused-ring (bicyclic) bond motifs is 1. The van der Waals surface area contributed by atoms with E-state index in [4.69, 9.17) is 0 Å². The first kappa shape index (κ1) is 14.6. The summed E-state index contributed by atoms with van der Waals surface area (Å²) in [5.74, 6) is -0.600. The van der Waals surface area contributed by atoms with E-state index in [1.54, 1.807) is 16.2 Å². The van der Waals surface area contributed by atoms with E-state index in [0.29, 0.717) is 18.9 Å². The van der Waals surface area contributed by atoms with Crippen molar-refractivity contribution in [3.05, 3.63) is 21.4 Å². The number of amides is 1. The molecule has 4 nitrogen and oxygen atoms in total. The van der Waals surface area contributed by atoms with Crippen molar-refractivity contribution < 1.29 is 14.7 Å². The second kappa shape index (κ2) is 5.79. The molecule has 2 heterocycles. The number of hydrogen-bond donors (Lipinski definition) is 1. The van der Waals surface area contributed by atoms with Gasteiger partial charge in [0.2, 0.25) is 0 Å². The number of likely N-dealkylation sites (tertiary alicyclic amines) is 1. The Morgan fingerprint density at radius 1 is 1.33 bits per heavy atom. The van der Waals surface area contributed by atoms with Crippen molar-refractivity contribution >= 4 is 23.2 Å². The van der Waals surface area contributed by atoms with E-state index in [1.165, 1.54) is 23.3 Å². The van der Waals surface area contributed by atoms with Crippen LogP contribution in [-0.4, -0.2) is 34.5 Å². The molecular weight excluding hydrogens is 286 g/mol. The van der Waals surface area contributed by atoms with Gasteiger partial charge >= 0.3 is 5.97 Å². The summed E-state index contributed by atoms with van der Waals surface area (Å²) in [6.45, 7) is 2.61. The van der Waals surface area contributed by atoms with E-state index < -0.39 is 12.0 Å². The first-order valence-electron chi connectivity index (χ1n) is 7.71. The fourth-order valence-corrected chi connectivity index (χ4v) is 4.57. The normalized spacial score (nSPS) is 25.5. The minimum atomic E-state index is -0.879. The highest BCUT2D eigenvalue weighted by molar-refractivity contribution is 7.14. The zero-order valence-corrected chi connectivity index (χ0v) is 13.1. The Morgan fingerprint density at radius 2 is 2.10 bits per heavy atom. The molecule has 0 radical (unpaired) electrons. The van der Waals surface area contributed by atoms with Crippen LogP contribution < -0.4 is 0 Å². The average Bonchev–Trinajstić information content (AvgIpc) is 2.90. The molecule has 3 rings (SSSR count). The van der Waals surface area contributed by atoms with Gasteiger partial charge in [0.15, 0.2) is 0 Å². The Balaban J connectivity index is 1.83. The molecule has 0 bridgehead atoms. The summed E-state index contributed by atoms with van der Waals surface area (Å²) in [5.41, 5.74) is 1.30. The SMILES string of the molecule is CC1CCN(C(=O)c2cc3c(s2)CCCC3)C(C(=O)O)C1. The van der Waals surface area contributed by atoms with Crippen molar-refractivity contribution in [3.8, 4) is 0 Å². The molecule has 1 aliphatic carbocycles. The highest BCUT2D eigenvalue weighted by Crippen LogP contribution is 2.32. The molecule has 2 aliphatic rings. The Morgan fingerprint density at radius 3 is 2.81 bits per heavy atom. The largest absolute Gasteiger partial charge is 0.480 e. The molecule has 0 saturated carbocycles. The maximum atomic E-state index is 12.7. The van der Waals surface area contributed by atoms with Gasteiger partial charge < -0.3 is 10.0 Å². The Hall–Kier alpha value is -1.36. The van der Waals surface area contributed by atoms with Crippen LogP contribution in [0.3, 0.4) is 0 Å². The molecular formula is C16H21NO3S. The van der Waals surface area contributed by atoms with Gasteiger partial charge in [0.25, 0.3) is 5.91 Å². The molecule has 1 aliphatic heterocycles. The third kappa shape index (κ3) is 2.84. The van der Waals surface area contributed by atoms with Crippen molar-refractivity contribution in [1.29, 1.82) is 0 Å². The van der Waals surface area contributed by atoms with E-state index in [2.05, 4.69) is 6.92 Å². The first-order chi connectivity index (χ1) is 10.1. The number of carboxylic acids is 1. The molecule has 1 saturated heterocycles. The van der Waals surface area contributed by atoms with Crippen LogP contribution in [0.15, 0.2) is 6.07 Å². The van der Waals surface area contributed by atoms with E-state index in [-0.39, 0.29) is 5.91 Å². The molecule has 0 spiro atoms. The topological polar surface area (TPSA) is 57.6 Å². The monoisotopic (exact) mass is 307 g/mol. The number of carbonyl (C=O) groups is 2. The van der Waals surface area contributed by atoms with Crippen LogP contribution in [0.1, 0.15) is 52.7 Å². The lowest BCUT2D eigenvalue weighted by molar-refractivity contribution is -0.144. The molecule has 1 aromatic rings. The van der Waals surface area contributed by atoms with Gasteiger partial charge in [-0.2, -0.15) is 0 Å². The zero-order valence-electron chi connectivity index (χ0n) is 12.3. The van der Waals surface area contributed by atoms with Gasteiger partial charge in [-0.1, -0.05) is 6.92 Å². The highest BCUT2D eigenvalue weighted by Gasteiger charge is 2.36. The van der Waals surface area contributed by atoms with Crippen molar-refractivity contribution in [2.45, 2.75) is 51.5 Å². The van der Waals surface area contributed by atoms with Crippen molar-refractivity contribution in [3.63, 3.8) is 0 Å². The smallest absolute Gasteiger partial charge is 0.326 e. The molecule has 1 fully saturated rings. The molecule has 5 heteroatoms. The fourth-order valence-electron chi connectivity index (χ4n) is 3.36.